The largest absolute Gasteiger partial charge is 0.496 e. The van der Waals surface area contributed by atoms with Crippen molar-refractivity contribution in [2.24, 2.45) is 0 Å². The molecule has 0 bridgehead atoms. The number of methoxy groups -OCH3 is 2. The highest BCUT2D eigenvalue weighted by Gasteiger charge is 2.43. The second-order valence-corrected chi connectivity index (χ2v) is 22.0. The van der Waals surface area contributed by atoms with Crippen LogP contribution in [-0.2, 0) is 45.9 Å². The van der Waals surface area contributed by atoms with Gasteiger partial charge in [-0.25, -0.2) is 44.3 Å². The minimum atomic E-state index is -5.08. The number of ether oxygens (including phenoxy) is 2. The number of esters is 1. The molecule has 6 N–H and O–H groups in total. The molecule has 8 aromatic rings. The summed E-state index contributed by atoms with van der Waals surface area (Å²) in [6, 6.07) is 17.1. The number of carboxylic acid groups (broad SMARTS) is 2. The molecule has 2 aliphatic rings. The number of thiazole rings is 2. The second kappa shape index (κ2) is 24.8. The smallest absolute Gasteiger partial charge is 0.490 e. The number of carboxylic acids is 2. The Bertz CT molecular complexity index is 3840. The number of nitrogens with one attached hydrogen (secondary N) is 2. The van der Waals surface area contributed by atoms with Crippen molar-refractivity contribution in [2.75, 3.05) is 24.9 Å². The highest BCUT2D eigenvalue weighted by atomic mass is 79.9. The Morgan fingerprint density at radius 3 is 1.46 bits per heavy atom. The molecule has 0 saturated heterocycles. The number of aromatic carboxylic acids is 1. The van der Waals surface area contributed by atoms with Crippen molar-refractivity contribution in [2.45, 2.75) is 82.1 Å². The van der Waals surface area contributed by atoms with Crippen LogP contribution in [0.25, 0.3) is 21.1 Å². The van der Waals surface area contributed by atoms with E-state index < -0.39 is 58.8 Å². The molecule has 0 aliphatic heterocycles. The molecule has 2 aromatic carbocycles. The lowest BCUT2D eigenvalue weighted by Gasteiger charge is -2.34. The molecule has 446 valence electrons. The van der Waals surface area contributed by atoms with Crippen molar-refractivity contribution in [1.29, 1.82) is 0 Å². The highest BCUT2D eigenvalue weighted by molar-refractivity contribution is 9.10. The molecule has 0 fully saturated rings. The van der Waals surface area contributed by atoms with E-state index in [4.69, 9.17) is 19.4 Å². The normalized spacial score (nSPS) is 16.5. The van der Waals surface area contributed by atoms with E-state index in [0.717, 1.165) is 53.3 Å². The Morgan fingerprint density at radius 1 is 0.612 bits per heavy atom. The number of carbonyl (C=O) groups excluding carboxylic acids is 1. The fourth-order valence-electron chi connectivity index (χ4n) is 9.44. The first-order valence-corrected chi connectivity index (χ1v) is 27.5. The Hall–Kier alpha value is -8.12. The lowest BCUT2D eigenvalue weighted by atomic mass is 9.78. The first-order valence-electron chi connectivity index (χ1n) is 25.0. The van der Waals surface area contributed by atoms with Crippen LogP contribution in [0.2, 0.25) is 0 Å². The Morgan fingerprint density at radius 2 is 1.05 bits per heavy atom. The molecule has 6 heterocycles. The van der Waals surface area contributed by atoms with Crippen LogP contribution in [0.5, 0.6) is 5.75 Å². The fourth-order valence-corrected chi connectivity index (χ4v) is 12.2. The lowest BCUT2D eigenvalue weighted by molar-refractivity contribution is -0.192. The summed E-state index contributed by atoms with van der Waals surface area (Å²) in [4.78, 5) is 60.1. The Kier molecular flexibility index (Phi) is 18.4. The summed E-state index contributed by atoms with van der Waals surface area (Å²) < 4.78 is 121. The van der Waals surface area contributed by atoms with Gasteiger partial charge in [-0.05, 0) is 157 Å². The van der Waals surface area contributed by atoms with Gasteiger partial charge < -0.3 is 40.5 Å². The molecule has 6 aromatic heterocycles. The van der Waals surface area contributed by atoms with Crippen molar-refractivity contribution in [1.82, 2.24) is 29.9 Å². The average molecular weight is 1290 g/mol. The van der Waals surface area contributed by atoms with Crippen molar-refractivity contribution in [3.8, 4) is 26.9 Å². The molecule has 2 aliphatic carbocycles. The number of alkyl halides is 9. The standard InChI is InChI=1S/C27H22BrF3N4O3S.C27H23F3N4O4S.C2HF3O2/c1-14-10-19(34-22(11-14)35-21-12-15(7-9-32-21)27(29,30)31)20-13-33-25(39-20)26(37)8-3-4-16-18(26)6-5-17(23(16)28)24(36)38-2;1-14-10-19(33-22(11-14)34-21-12-15(7-9-31-21)27(28,29)30)20-13-32-25(39-20)26(37)8-3-4-16-18(26)6-5-17(24(35)36)23(16)38-2;3-2(4,5)1(6)7/h5-7,9-13,37H,3-4,8H2,1-2H3,(H,32,34,35);5-7,9-13,37H,3-4,8H2,1-2H3,(H,35,36)(H,31,33,34);(H,6,7). The number of halogens is 10. The number of aromatic nitrogens is 6. The predicted octanol–water partition coefficient (Wildman–Crippen LogP) is 13.4. The minimum absolute atomic E-state index is 0.00155. The van der Waals surface area contributed by atoms with Gasteiger partial charge in [0, 0.05) is 34.8 Å². The third kappa shape index (κ3) is 14.0. The summed E-state index contributed by atoms with van der Waals surface area (Å²) in [5, 5.41) is 46.9. The van der Waals surface area contributed by atoms with Gasteiger partial charge >= 0.3 is 36.4 Å². The quantitative estimate of drug-likeness (QED) is 0.0520. The molecule has 17 nitrogen and oxygen atoms in total. The van der Waals surface area contributed by atoms with Crippen LogP contribution in [0.1, 0.15) is 101 Å². The molecule has 0 radical (unpaired) electrons. The monoisotopic (exact) mass is 1290 g/mol. The van der Waals surface area contributed by atoms with E-state index in [9.17, 15) is 64.4 Å². The molecule has 2 atom stereocenters. The van der Waals surface area contributed by atoms with Crippen LogP contribution in [0.15, 0.2) is 102 Å². The van der Waals surface area contributed by atoms with Gasteiger partial charge in [-0.3, -0.25) is 0 Å². The summed E-state index contributed by atoms with van der Waals surface area (Å²) in [7, 11) is 2.72. The molecule has 0 spiro atoms. The van der Waals surface area contributed by atoms with E-state index in [2.05, 4.69) is 56.5 Å². The Labute approximate surface area is 492 Å². The maximum atomic E-state index is 13.1. The Balaban J connectivity index is 0.000000199. The number of pyridine rings is 4. The molecule has 85 heavy (non-hydrogen) atoms. The van der Waals surface area contributed by atoms with E-state index in [1.165, 1.54) is 43.0 Å². The molecular weight excluding hydrogens is 1240 g/mol. The molecule has 0 saturated carbocycles. The summed E-state index contributed by atoms with van der Waals surface area (Å²) in [6.07, 6.45) is -5.34. The van der Waals surface area contributed by atoms with Gasteiger partial charge in [-0.2, -0.15) is 39.5 Å². The van der Waals surface area contributed by atoms with Crippen molar-refractivity contribution in [3.63, 3.8) is 0 Å². The molecule has 0 amide bonds. The van der Waals surface area contributed by atoms with Crippen LogP contribution in [0.3, 0.4) is 0 Å². The zero-order valence-corrected chi connectivity index (χ0v) is 47.8. The molecule has 29 heteroatoms. The van der Waals surface area contributed by atoms with Gasteiger partial charge in [0.15, 0.2) is 0 Å². The van der Waals surface area contributed by atoms with Gasteiger partial charge in [-0.1, -0.05) is 12.1 Å². The number of rotatable bonds is 11. The molecule has 10 rings (SSSR count). The number of aryl methyl sites for hydroxylation is 2. The summed E-state index contributed by atoms with van der Waals surface area (Å²) in [5.74, 6) is -3.46. The van der Waals surface area contributed by atoms with E-state index in [1.54, 1.807) is 42.7 Å². The summed E-state index contributed by atoms with van der Waals surface area (Å²) in [5.41, 5.74) is 1.35. The minimum Gasteiger partial charge on any atom is -0.496 e. The van der Waals surface area contributed by atoms with Crippen LogP contribution in [0.4, 0.5) is 62.8 Å². The number of hydrogen-bond donors (Lipinski definition) is 6. The second-order valence-electron chi connectivity index (χ2n) is 19.1. The molecular formula is C56H46BrF9N8O9S2. The summed E-state index contributed by atoms with van der Waals surface area (Å²) in [6.45, 7) is 3.67. The van der Waals surface area contributed by atoms with Crippen LogP contribution >= 0.6 is 38.6 Å². The van der Waals surface area contributed by atoms with Gasteiger partial charge in [0.05, 0.1) is 52.1 Å². The van der Waals surface area contributed by atoms with E-state index in [1.807, 2.05) is 26.0 Å². The first-order chi connectivity index (χ1) is 39.9. The maximum absolute atomic E-state index is 13.1. The van der Waals surface area contributed by atoms with Gasteiger partial charge in [0.25, 0.3) is 0 Å². The number of nitrogens with zero attached hydrogens (tertiary/aromatic N) is 6. The maximum Gasteiger partial charge on any atom is 0.490 e. The number of fused-ring (bicyclic) bond motifs is 2. The molecule has 2 unspecified atom stereocenters. The van der Waals surface area contributed by atoms with Crippen molar-refractivity contribution in [3.05, 3.63) is 168 Å². The highest BCUT2D eigenvalue weighted by Crippen LogP contribution is 2.48. The lowest BCUT2D eigenvalue weighted by Crippen LogP contribution is -2.32. The van der Waals surface area contributed by atoms with Gasteiger partial charge in [0.1, 0.15) is 55.8 Å². The number of anilines is 4. The van der Waals surface area contributed by atoms with E-state index in [0.29, 0.717) is 108 Å². The van der Waals surface area contributed by atoms with Crippen molar-refractivity contribution < 1.29 is 83.8 Å². The zero-order chi connectivity index (χ0) is 62.0. The number of aliphatic carboxylic acids is 1. The van der Waals surface area contributed by atoms with E-state index in [-0.39, 0.29) is 22.9 Å². The number of carbonyl (C=O) groups is 3. The number of aliphatic hydroxyl groups is 2. The van der Waals surface area contributed by atoms with Crippen LogP contribution in [-0.4, -0.2) is 88.6 Å². The number of hydrogen-bond acceptors (Lipinski definition) is 17. The predicted molar refractivity (Wildman–Crippen MR) is 296 cm³/mol. The topological polar surface area (TPSA) is 252 Å². The average Bonchev–Trinajstić information content (AvgIpc) is 1.83. The van der Waals surface area contributed by atoms with Crippen LogP contribution in [0, 0.1) is 13.8 Å². The fraction of sp³-hybridized carbons (Fsp3) is 0.268. The third-order valence-electron chi connectivity index (χ3n) is 13.3. The van der Waals surface area contributed by atoms with Gasteiger partial charge in [0.2, 0.25) is 0 Å². The third-order valence-corrected chi connectivity index (χ3v) is 16.5. The summed E-state index contributed by atoms with van der Waals surface area (Å²) >= 11 is 6.04. The van der Waals surface area contributed by atoms with Crippen molar-refractivity contribution >= 4 is 79.8 Å². The number of benzene rings is 2. The SMILES string of the molecule is COC(=O)c1ccc2c(c1Br)CCCC2(O)c1ncc(-c2cc(C)cc(Nc3cc(C(F)(F)F)ccn3)n2)s1.COc1c(C(=O)O)ccc2c1CCCC2(O)c1ncc(-c2cc(C)cc(Nc3cc(C(F)(F)F)ccn3)n2)s1.O=C(O)C(F)(F)F. The van der Waals surface area contributed by atoms with Gasteiger partial charge in [-0.15, -0.1) is 22.7 Å². The van der Waals surface area contributed by atoms with E-state index >= 15 is 0 Å². The first kappa shape index (κ1) is 62.9. The van der Waals surface area contributed by atoms with Crippen LogP contribution < -0.4 is 15.4 Å². The zero-order valence-electron chi connectivity index (χ0n) is 44.6.